The van der Waals surface area contributed by atoms with Crippen molar-refractivity contribution in [2.24, 2.45) is 0 Å². The Hall–Kier alpha value is -2.86. The summed E-state index contributed by atoms with van der Waals surface area (Å²) in [5.41, 5.74) is 2.60. The number of aromatic nitrogens is 1. The van der Waals surface area contributed by atoms with E-state index in [4.69, 9.17) is 9.47 Å². The molecule has 1 heterocycles. The number of ether oxygens (including phenoxy) is 2. The highest BCUT2D eigenvalue weighted by Gasteiger charge is 2.11. The predicted octanol–water partition coefficient (Wildman–Crippen LogP) is 3.80. The third kappa shape index (κ3) is 4.21. The Morgan fingerprint density at radius 2 is 1.85 bits per heavy atom. The van der Waals surface area contributed by atoms with E-state index in [9.17, 15) is 4.79 Å². The lowest BCUT2D eigenvalue weighted by molar-refractivity contribution is 0.0953. The number of benzene rings is 2. The summed E-state index contributed by atoms with van der Waals surface area (Å²) in [6.07, 6.45) is 0.691. The molecule has 0 aliphatic carbocycles. The van der Waals surface area contributed by atoms with Crippen molar-refractivity contribution in [2.45, 2.75) is 6.42 Å². The molecule has 5 nitrogen and oxygen atoms in total. The smallest absolute Gasteiger partial charge is 0.251 e. The fraction of sp³-hybridized carbons (Fsp3) is 0.200. The fourth-order valence-corrected chi connectivity index (χ4v) is 3.34. The topological polar surface area (TPSA) is 60.5 Å². The average Bonchev–Trinajstić information content (AvgIpc) is 3.17. The van der Waals surface area contributed by atoms with Crippen molar-refractivity contribution in [1.29, 1.82) is 0 Å². The lowest BCUT2D eigenvalue weighted by Gasteiger charge is -2.09. The van der Waals surface area contributed by atoms with Gasteiger partial charge in [0.05, 0.1) is 24.9 Å². The molecular weight excluding hydrogens is 348 g/mol. The summed E-state index contributed by atoms with van der Waals surface area (Å²) in [6, 6.07) is 15.2. The molecule has 6 heteroatoms. The molecule has 0 atom stereocenters. The van der Waals surface area contributed by atoms with Gasteiger partial charge in [0, 0.05) is 29.5 Å². The van der Waals surface area contributed by atoms with Gasteiger partial charge in [-0.15, -0.1) is 11.3 Å². The van der Waals surface area contributed by atoms with Crippen molar-refractivity contribution in [1.82, 2.24) is 10.3 Å². The van der Waals surface area contributed by atoms with E-state index in [-0.39, 0.29) is 5.91 Å². The summed E-state index contributed by atoms with van der Waals surface area (Å²) in [4.78, 5) is 16.9. The largest absolute Gasteiger partial charge is 0.493 e. The van der Waals surface area contributed by atoms with Crippen LogP contribution in [0.15, 0.2) is 53.9 Å². The van der Waals surface area contributed by atoms with E-state index in [1.165, 1.54) is 0 Å². The first-order valence-corrected chi connectivity index (χ1v) is 9.09. The van der Waals surface area contributed by atoms with Gasteiger partial charge in [-0.3, -0.25) is 4.79 Å². The molecule has 3 aromatic rings. The number of thiazole rings is 1. The molecule has 1 N–H and O–H groups in total. The van der Waals surface area contributed by atoms with Gasteiger partial charge in [-0.25, -0.2) is 4.98 Å². The maximum absolute atomic E-state index is 12.3. The van der Waals surface area contributed by atoms with Crippen LogP contribution in [0.5, 0.6) is 11.5 Å². The number of nitrogens with zero attached hydrogens (tertiary/aromatic N) is 1. The standard InChI is InChI=1S/C20H20N2O3S/c1-24-17-9-8-15(12-18(17)25-2)20(23)21-11-10-19-22-16(13-26-19)14-6-4-3-5-7-14/h3-9,12-13H,10-11H2,1-2H3,(H,21,23). The number of rotatable bonds is 7. The van der Waals surface area contributed by atoms with Gasteiger partial charge in [0.15, 0.2) is 11.5 Å². The van der Waals surface area contributed by atoms with Crippen LogP contribution in [-0.2, 0) is 6.42 Å². The van der Waals surface area contributed by atoms with E-state index in [0.717, 1.165) is 16.3 Å². The van der Waals surface area contributed by atoms with E-state index >= 15 is 0 Å². The van der Waals surface area contributed by atoms with Crippen LogP contribution in [0.25, 0.3) is 11.3 Å². The number of carbonyl (C=O) groups is 1. The fourth-order valence-electron chi connectivity index (χ4n) is 2.53. The summed E-state index contributed by atoms with van der Waals surface area (Å²) in [5, 5.41) is 5.96. The number of hydrogen-bond donors (Lipinski definition) is 1. The Bertz CT molecular complexity index is 878. The van der Waals surface area contributed by atoms with Crippen molar-refractivity contribution < 1.29 is 14.3 Å². The Labute approximate surface area is 156 Å². The minimum absolute atomic E-state index is 0.147. The summed E-state index contributed by atoms with van der Waals surface area (Å²) in [6.45, 7) is 0.523. The third-order valence-electron chi connectivity index (χ3n) is 3.89. The molecule has 134 valence electrons. The predicted molar refractivity (Wildman–Crippen MR) is 103 cm³/mol. The minimum Gasteiger partial charge on any atom is -0.493 e. The third-order valence-corrected chi connectivity index (χ3v) is 4.80. The maximum Gasteiger partial charge on any atom is 0.251 e. The lowest BCUT2D eigenvalue weighted by Crippen LogP contribution is -2.25. The SMILES string of the molecule is COc1ccc(C(=O)NCCc2nc(-c3ccccc3)cs2)cc1OC. The van der Waals surface area contributed by atoms with Crippen LogP contribution in [0.4, 0.5) is 0 Å². The maximum atomic E-state index is 12.3. The molecule has 0 aliphatic rings. The highest BCUT2D eigenvalue weighted by molar-refractivity contribution is 7.09. The van der Waals surface area contributed by atoms with Crippen molar-refractivity contribution in [3.63, 3.8) is 0 Å². The highest BCUT2D eigenvalue weighted by Crippen LogP contribution is 2.27. The van der Waals surface area contributed by atoms with Crippen LogP contribution < -0.4 is 14.8 Å². The van der Waals surface area contributed by atoms with Gasteiger partial charge in [0.25, 0.3) is 5.91 Å². The first-order chi connectivity index (χ1) is 12.7. The lowest BCUT2D eigenvalue weighted by atomic mass is 10.2. The van der Waals surface area contributed by atoms with Crippen molar-refractivity contribution in [2.75, 3.05) is 20.8 Å². The summed E-state index contributed by atoms with van der Waals surface area (Å²) in [7, 11) is 3.11. The first kappa shape index (κ1) is 17.9. The second-order valence-corrected chi connectivity index (χ2v) is 6.51. The highest BCUT2D eigenvalue weighted by atomic mass is 32.1. The van der Waals surface area contributed by atoms with Crippen molar-refractivity contribution in [3.05, 3.63) is 64.5 Å². The second-order valence-electron chi connectivity index (χ2n) is 5.57. The van der Waals surface area contributed by atoms with E-state index in [2.05, 4.69) is 10.3 Å². The van der Waals surface area contributed by atoms with Gasteiger partial charge in [0.1, 0.15) is 0 Å². The molecule has 0 saturated heterocycles. The van der Waals surface area contributed by atoms with Crippen LogP contribution in [0, 0.1) is 0 Å². The molecule has 0 unspecified atom stereocenters. The number of nitrogens with one attached hydrogen (secondary N) is 1. The second kappa shape index (κ2) is 8.49. The van der Waals surface area contributed by atoms with Crippen LogP contribution >= 0.6 is 11.3 Å². The molecule has 1 amide bonds. The van der Waals surface area contributed by atoms with E-state index in [0.29, 0.717) is 30.0 Å². The van der Waals surface area contributed by atoms with Gasteiger partial charge in [-0.05, 0) is 18.2 Å². The molecule has 1 aromatic heterocycles. The Balaban J connectivity index is 1.57. The summed E-state index contributed by atoms with van der Waals surface area (Å²) in [5.74, 6) is 0.985. The van der Waals surface area contributed by atoms with Gasteiger partial charge in [-0.1, -0.05) is 30.3 Å². The molecule has 0 aliphatic heterocycles. The van der Waals surface area contributed by atoms with Crippen LogP contribution in [0.1, 0.15) is 15.4 Å². The van der Waals surface area contributed by atoms with Gasteiger partial charge in [-0.2, -0.15) is 0 Å². The molecule has 2 aromatic carbocycles. The number of methoxy groups -OCH3 is 2. The Morgan fingerprint density at radius 1 is 1.08 bits per heavy atom. The van der Waals surface area contributed by atoms with Gasteiger partial charge in [0.2, 0.25) is 0 Å². The zero-order valence-corrected chi connectivity index (χ0v) is 15.5. The number of hydrogen-bond acceptors (Lipinski definition) is 5. The quantitative estimate of drug-likeness (QED) is 0.689. The summed E-state index contributed by atoms with van der Waals surface area (Å²) < 4.78 is 10.4. The molecule has 3 rings (SSSR count). The Morgan fingerprint density at radius 3 is 2.58 bits per heavy atom. The van der Waals surface area contributed by atoms with Crippen molar-refractivity contribution in [3.8, 4) is 22.8 Å². The number of amides is 1. The normalized spacial score (nSPS) is 10.4. The average molecular weight is 368 g/mol. The molecular formula is C20H20N2O3S. The van der Waals surface area contributed by atoms with Crippen LogP contribution in [0.3, 0.4) is 0 Å². The van der Waals surface area contributed by atoms with Crippen molar-refractivity contribution >= 4 is 17.2 Å². The van der Waals surface area contributed by atoms with Gasteiger partial charge >= 0.3 is 0 Å². The van der Waals surface area contributed by atoms with E-state index < -0.39 is 0 Å². The van der Waals surface area contributed by atoms with Gasteiger partial charge < -0.3 is 14.8 Å². The zero-order valence-electron chi connectivity index (χ0n) is 14.7. The first-order valence-electron chi connectivity index (χ1n) is 8.21. The minimum atomic E-state index is -0.147. The molecule has 0 radical (unpaired) electrons. The van der Waals surface area contributed by atoms with Crippen LogP contribution in [0.2, 0.25) is 0 Å². The zero-order chi connectivity index (χ0) is 18.4. The Kier molecular flexibility index (Phi) is 5.86. The molecule has 0 fully saturated rings. The van der Waals surface area contributed by atoms with E-state index in [1.54, 1.807) is 43.8 Å². The molecule has 26 heavy (non-hydrogen) atoms. The molecule has 0 spiro atoms. The summed E-state index contributed by atoms with van der Waals surface area (Å²) >= 11 is 1.60. The molecule has 0 saturated carbocycles. The molecule has 0 bridgehead atoms. The monoisotopic (exact) mass is 368 g/mol. The number of carbonyl (C=O) groups excluding carboxylic acids is 1. The van der Waals surface area contributed by atoms with Crippen LogP contribution in [-0.4, -0.2) is 31.7 Å². The van der Waals surface area contributed by atoms with E-state index in [1.807, 2.05) is 35.7 Å².